The van der Waals surface area contributed by atoms with E-state index in [0.29, 0.717) is 25.7 Å². The molecule has 0 aromatic carbocycles. The van der Waals surface area contributed by atoms with Crippen molar-refractivity contribution in [1.29, 1.82) is 0 Å². The summed E-state index contributed by atoms with van der Waals surface area (Å²) in [4.78, 5) is 16.5. The van der Waals surface area contributed by atoms with Crippen LogP contribution in [0, 0.1) is 0 Å². The minimum Gasteiger partial charge on any atom is -0.444 e. The van der Waals surface area contributed by atoms with E-state index >= 15 is 0 Å². The van der Waals surface area contributed by atoms with Crippen molar-refractivity contribution in [3.8, 4) is 0 Å². The maximum Gasteiger partial charge on any atom is 0.408 e. The van der Waals surface area contributed by atoms with E-state index in [1.807, 2.05) is 20.8 Å². The molecule has 9 heteroatoms. The number of nitrogens with zero attached hydrogens (tertiary/aromatic N) is 1. The van der Waals surface area contributed by atoms with Crippen LogP contribution in [0.15, 0.2) is 4.99 Å². The zero-order chi connectivity index (χ0) is 21.8. The second-order valence-electron chi connectivity index (χ2n) is 8.53. The van der Waals surface area contributed by atoms with E-state index in [1.54, 1.807) is 7.05 Å². The Labute approximate surface area is 199 Å². The Morgan fingerprint density at radius 2 is 1.90 bits per heavy atom. The van der Waals surface area contributed by atoms with Gasteiger partial charge in [0.25, 0.3) is 0 Å². The molecule has 3 N–H and O–H groups in total. The van der Waals surface area contributed by atoms with Crippen molar-refractivity contribution in [3.05, 3.63) is 0 Å². The lowest BCUT2D eigenvalue weighted by Gasteiger charge is -2.34. The molecule has 0 spiro atoms. The number of hydrogen-bond donors (Lipinski definition) is 3. The Morgan fingerprint density at radius 3 is 2.43 bits per heavy atom. The van der Waals surface area contributed by atoms with Gasteiger partial charge in [0.15, 0.2) is 5.96 Å². The van der Waals surface area contributed by atoms with Gasteiger partial charge in [0.1, 0.15) is 5.60 Å². The fourth-order valence-corrected chi connectivity index (χ4v) is 3.09. The topological polar surface area (TPSA) is 93.2 Å². The molecule has 1 atom stereocenters. The average Bonchev–Trinajstić information content (AvgIpc) is 3.17. The molecule has 0 aliphatic carbocycles. The molecule has 30 heavy (non-hydrogen) atoms. The monoisotopic (exact) mass is 542 g/mol. The Hall–Kier alpha value is -0.810. The third-order valence-corrected chi connectivity index (χ3v) is 5.02. The molecule has 1 aliphatic heterocycles. The van der Waals surface area contributed by atoms with Crippen LogP contribution in [0.4, 0.5) is 4.79 Å². The number of aliphatic imine (C=N–C) groups is 1. The second-order valence-corrected chi connectivity index (χ2v) is 8.53. The molecule has 0 radical (unpaired) electrons. The Kier molecular flexibility index (Phi) is 14.7. The van der Waals surface area contributed by atoms with Crippen LogP contribution in [-0.2, 0) is 14.2 Å². The van der Waals surface area contributed by atoms with Crippen molar-refractivity contribution in [2.24, 2.45) is 4.99 Å². The third kappa shape index (κ3) is 12.1. The summed E-state index contributed by atoms with van der Waals surface area (Å²) in [6.07, 6.45) is 4.56. The first-order valence-corrected chi connectivity index (χ1v) is 10.9. The SMILES string of the molecule is CCC(CC)(CNC(=NC)NCCCOCC1CCCO1)NC(=O)OC(C)(C)C.I. The van der Waals surface area contributed by atoms with Crippen LogP contribution in [0.1, 0.15) is 66.7 Å². The van der Waals surface area contributed by atoms with Crippen molar-refractivity contribution >= 4 is 36.0 Å². The molecular weight excluding hydrogens is 499 g/mol. The highest BCUT2D eigenvalue weighted by molar-refractivity contribution is 14.0. The number of ether oxygens (including phenoxy) is 3. The summed E-state index contributed by atoms with van der Waals surface area (Å²) >= 11 is 0. The number of halogens is 1. The minimum atomic E-state index is -0.520. The highest BCUT2D eigenvalue weighted by Gasteiger charge is 2.30. The van der Waals surface area contributed by atoms with Gasteiger partial charge in [-0.05, 0) is 52.9 Å². The standard InChI is InChI=1S/C21H42N4O4.HI/c1-7-21(8-2,25-19(26)29-20(3,4)5)16-24-18(22-6)23-12-10-13-27-15-17-11-9-14-28-17;/h17H,7-16H2,1-6H3,(H,25,26)(H2,22,23,24);1H. The molecule has 1 unspecified atom stereocenters. The van der Waals surface area contributed by atoms with Crippen LogP contribution in [-0.4, -0.2) is 69.3 Å². The second kappa shape index (κ2) is 15.1. The summed E-state index contributed by atoms with van der Waals surface area (Å²) in [5, 5.41) is 9.66. The molecular formula is C21H43IN4O4. The van der Waals surface area contributed by atoms with Gasteiger partial charge >= 0.3 is 6.09 Å². The van der Waals surface area contributed by atoms with E-state index in [-0.39, 0.29) is 30.1 Å². The molecule has 1 heterocycles. The molecule has 0 saturated carbocycles. The van der Waals surface area contributed by atoms with E-state index in [4.69, 9.17) is 14.2 Å². The maximum atomic E-state index is 12.2. The van der Waals surface area contributed by atoms with Crippen LogP contribution in [0.25, 0.3) is 0 Å². The summed E-state index contributed by atoms with van der Waals surface area (Å²) in [7, 11) is 1.74. The molecule has 1 fully saturated rings. The van der Waals surface area contributed by atoms with Gasteiger partial charge in [-0.1, -0.05) is 13.8 Å². The van der Waals surface area contributed by atoms with Crippen LogP contribution < -0.4 is 16.0 Å². The Balaban J connectivity index is 0.00000841. The number of hydrogen-bond acceptors (Lipinski definition) is 5. The number of carbonyl (C=O) groups is 1. The summed E-state index contributed by atoms with van der Waals surface area (Å²) in [6.45, 7) is 13.3. The average molecular weight is 543 g/mol. The fraction of sp³-hybridized carbons (Fsp3) is 0.905. The molecule has 1 saturated heterocycles. The molecule has 0 aromatic heterocycles. The van der Waals surface area contributed by atoms with Crippen LogP contribution in [0.2, 0.25) is 0 Å². The van der Waals surface area contributed by atoms with Gasteiger partial charge in [-0.15, -0.1) is 24.0 Å². The minimum absolute atomic E-state index is 0. The van der Waals surface area contributed by atoms with Gasteiger partial charge in [0.05, 0.1) is 18.2 Å². The van der Waals surface area contributed by atoms with E-state index in [9.17, 15) is 4.79 Å². The molecule has 1 rings (SSSR count). The summed E-state index contributed by atoms with van der Waals surface area (Å²) < 4.78 is 16.6. The Morgan fingerprint density at radius 1 is 1.20 bits per heavy atom. The quantitative estimate of drug-likeness (QED) is 0.160. The number of alkyl carbamates (subject to hydrolysis) is 1. The Bertz CT molecular complexity index is 502. The van der Waals surface area contributed by atoms with E-state index < -0.39 is 17.2 Å². The van der Waals surface area contributed by atoms with Crippen LogP contribution >= 0.6 is 24.0 Å². The number of rotatable bonds is 11. The smallest absolute Gasteiger partial charge is 0.408 e. The third-order valence-electron chi connectivity index (χ3n) is 5.02. The highest BCUT2D eigenvalue weighted by atomic mass is 127. The van der Waals surface area contributed by atoms with Crippen LogP contribution in [0.3, 0.4) is 0 Å². The van der Waals surface area contributed by atoms with E-state index in [0.717, 1.165) is 45.3 Å². The van der Waals surface area contributed by atoms with Crippen molar-refractivity contribution in [2.45, 2.75) is 84.0 Å². The first kappa shape index (κ1) is 29.2. The largest absolute Gasteiger partial charge is 0.444 e. The number of nitrogens with one attached hydrogen (secondary N) is 3. The molecule has 0 aromatic rings. The molecule has 1 amide bonds. The van der Waals surface area contributed by atoms with Gasteiger partial charge in [0.2, 0.25) is 0 Å². The predicted molar refractivity (Wildman–Crippen MR) is 132 cm³/mol. The van der Waals surface area contributed by atoms with Gasteiger partial charge in [-0.2, -0.15) is 0 Å². The predicted octanol–water partition coefficient (Wildman–Crippen LogP) is 3.44. The van der Waals surface area contributed by atoms with Gasteiger partial charge in [-0.3, -0.25) is 4.99 Å². The van der Waals surface area contributed by atoms with Gasteiger partial charge in [-0.25, -0.2) is 4.79 Å². The number of carbonyl (C=O) groups excluding carboxylic acids is 1. The van der Waals surface area contributed by atoms with Crippen molar-refractivity contribution in [3.63, 3.8) is 0 Å². The van der Waals surface area contributed by atoms with E-state index in [2.05, 4.69) is 34.8 Å². The lowest BCUT2D eigenvalue weighted by atomic mass is 9.93. The summed E-state index contributed by atoms with van der Waals surface area (Å²) in [5.74, 6) is 0.710. The lowest BCUT2D eigenvalue weighted by Crippen LogP contribution is -2.57. The zero-order valence-electron chi connectivity index (χ0n) is 19.6. The van der Waals surface area contributed by atoms with Crippen molar-refractivity contribution in [1.82, 2.24) is 16.0 Å². The summed E-state index contributed by atoms with van der Waals surface area (Å²) in [5.41, 5.74) is -0.918. The van der Waals surface area contributed by atoms with Gasteiger partial charge in [0, 0.05) is 33.4 Å². The first-order valence-electron chi connectivity index (χ1n) is 10.9. The highest BCUT2D eigenvalue weighted by Crippen LogP contribution is 2.16. The molecule has 0 bridgehead atoms. The number of amides is 1. The lowest BCUT2D eigenvalue weighted by molar-refractivity contribution is 0.0168. The molecule has 8 nitrogen and oxygen atoms in total. The maximum absolute atomic E-state index is 12.2. The normalized spacial score (nSPS) is 17.3. The fourth-order valence-electron chi connectivity index (χ4n) is 3.09. The molecule has 178 valence electrons. The zero-order valence-corrected chi connectivity index (χ0v) is 22.0. The van der Waals surface area contributed by atoms with E-state index in [1.165, 1.54) is 0 Å². The van der Waals surface area contributed by atoms with Crippen molar-refractivity contribution in [2.75, 3.05) is 40.0 Å². The van der Waals surface area contributed by atoms with Crippen LogP contribution in [0.5, 0.6) is 0 Å². The molecule has 1 aliphatic rings. The number of guanidine groups is 1. The summed E-state index contributed by atoms with van der Waals surface area (Å²) in [6, 6.07) is 0. The first-order chi connectivity index (χ1) is 13.7. The van der Waals surface area contributed by atoms with Crippen molar-refractivity contribution < 1.29 is 19.0 Å². The van der Waals surface area contributed by atoms with Gasteiger partial charge < -0.3 is 30.2 Å².